The number of aryl methyl sites for hydroxylation is 2. The second-order valence-corrected chi connectivity index (χ2v) is 5.14. The van der Waals surface area contributed by atoms with Gasteiger partial charge in [-0.15, -0.1) is 0 Å². The molecule has 0 amide bonds. The van der Waals surface area contributed by atoms with E-state index in [0.717, 1.165) is 22.8 Å². The lowest BCUT2D eigenvalue weighted by atomic mass is 10.1. The molecule has 0 saturated carbocycles. The highest BCUT2D eigenvalue weighted by Crippen LogP contribution is 2.29. The fraction of sp³-hybridized carbons (Fsp3) is 0.118. The van der Waals surface area contributed by atoms with Crippen LogP contribution in [-0.2, 0) is 4.79 Å². The van der Waals surface area contributed by atoms with Gasteiger partial charge in [-0.3, -0.25) is 0 Å². The third-order valence-corrected chi connectivity index (χ3v) is 3.26. The van der Waals surface area contributed by atoms with Gasteiger partial charge >= 0.3 is 5.97 Å². The van der Waals surface area contributed by atoms with E-state index in [1.807, 2.05) is 38.1 Å². The molecule has 0 heterocycles. The zero-order chi connectivity index (χ0) is 15.4. The van der Waals surface area contributed by atoms with Gasteiger partial charge in [-0.2, -0.15) is 0 Å². The topological polar surface area (TPSA) is 46.5 Å². The molecule has 0 aliphatic rings. The number of carboxylic acids is 1. The third-order valence-electron chi connectivity index (χ3n) is 3.02. The zero-order valence-electron chi connectivity index (χ0n) is 11.8. The van der Waals surface area contributed by atoms with Gasteiger partial charge in [0.05, 0.1) is 0 Å². The lowest BCUT2D eigenvalue weighted by molar-refractivity contribution is -0.131. The van der Waals surface area contributed by atoms with Crippen LogP contribution in [0.3, 0.4) is 0 Å². The third kappa shape index (κ3) is 4.10. The standard InChI is InChI=1S/C17H15ClO3/c1-11-3-6-14(18)10-16(11)21-15-7-4-13(12(2)9-15)5-8-17(19)20/h3-10H,1-2H3,(H,19,20). The van der Waals surface area contributed by atoms with Crippen LogP contribution in [0, 0.1) is 13.8 Å². The number of aliphatic carboxylic acids is 1. The number of rotatable bonds is 4. The molecule has 0 unspecified atom stereocenters. The Balaban J connectivity index is 2.24. The first-order valence-corrected chi connectivity index (χ1v) is 6.79. The van der Waals surface area contributed by atoms with Gasteiger partial charge in [0.15, 0.2) is 0 Å². The molecule has 108 valence electrons. The summed E-state index contributed by atoms with van der Waals surface area (Å²) < 4.78 is 5.83. The largest absolute Gasteiger partial charge is 0.478 e. The van der Waals surface area contributed by atoms with Crippen LogP contribution in [0.2, 0.25) is 5.02 Å². The number of hydrogen-bond donors (Lipinski definition) is 1. The summed E-state index contributed by atoms with van der Waals surface area (Å²) >= 11 is 5.97. The fourth-order valence-corrected chi connectivity index (χ4v) is 2.03. The van der Waals surface area contributed by atoms with E-state index >= 15 is 0 Å². The summed E-state index contributed by atoms with van der Waals surface area (Å²) in [6.45, 7) is 3.85. The number of halogens is 1. The molecule has 0 spiro atoms. The van der Waals surface area contributed by atoms with Gasteiger partial charge in [0, 0.05) is 11.1 Å². The van der Waals surface area contributed by atoms with E-state index in [9.17, 15) is 4.79 Å². The predicted molar refractivity (Wildman–Crippen MR) is 84.1 cm³/mol. The summed E-state index contributed by atoms with van der Waals surface area (Å²) in [7, 11) is 0. The van der Waals surface area contributed by atoms with Crippen molar-refractivity contribution >= 4 is 23.6 Å². The Hall–Kier alpha value is -2.26. The Morgan fingerprint density at radius 3 is 2.57 bits per heavy atom. The second kappa shape index (κ2) is 6.46. The lowest BCUT2D eigenvalue weighted by Crippen LogP contribution is -1.90. The van der Waals surface area contributed by atoms with Crippen molar-refractivity contribution < 1.29 is 14.6 Å². The van der Waals surface area contributed by atoms with Crippen LogP contribution >= 0.6 is 11.6 Å². The molecule has 0 aliphatic carbocycles. The number of ether oxygens (including phenoxy) is 1. The van der Waals surface area contributed by atoms with Crippen molar-refractivity contribution in [3.05, 3.63) is 64.2 Å². The van der Waals surface area contributed by atoms with E-state index < -0.39 is 5.97 Å². The average Bonchev–Trinajstić information content (AvgIpc) is 2.42. The maximum Gasteiger partial charge on any atom is 0.328 e. The minimum Gasteiger partial charge on any atom is -0.478 e. The van der Waals surface area contributed by atoms with E-state index in [1.165, 1.54) is 0 Å². The van der Waals surface area contributed by atoms with Gasteiger partial charge in [-0.1, -0.05) is 23.7 Å². The van der Waals surface area contributed by atoms with Crippen LogP contribution in [0.25, 0.3) is 6.08 Å². The molecule has 0 saturated heterocycles. The number of carboxylic acid groups (broad SMARTS) is 1. The van der Waals surface area contributed by atoms with Gasteiger partial charge in [-0.05, 0) is 60.9 Å². The molecule has 3 nitrogen and oxygen atoms in total. The van der Waals surface area contributed by atoms with Crippen molar-refractivity contribution in [3.8, 4) is 11.5 Å². The Morgan fingerprint density at radius 1 is 1.14 bits per heavy atom. The van der Waals surface area contributed by atoms with E-state index in [2.05, 4.69) is 0 Å². The molecule has 2 aromatic carbocycles. The SMILES string of the molecule is Cc1cc(Oc2cc(Cl)ccc2C)ccc1C=CC(=O)O. The first-order valence-electron chi connectivity index (χ1n) is 6.41. The van der Waals surface area contributed by atoms with Gasteiger partial charge in [-0.25, -0.2) is 4.79 Å². The molecule has 0 radical (unpaired) electrons. The van der Waals surface area contributed by atoms with E-state index in [0.29, 0.717) is 16.5 Å². The Morgan fingerprint density at radius 2 is 1.90 bits per heavy atom. The highest BCUT2D eigenvalue weighted by Gasteiger charge is 2.04. The predicted octanol–water partition coefficient (Wildman–Crippen LogP) is 4.85. The normalized spacial score (nSPS) is 10.8. The van der Waals surface area contributed by atoms with Crippen molar-refractivity contribution in [2.45, 2.75) is 13.8 Å². The summed E-state index contributed by atoms with van der Waals surface area (Å²) in [6.07, 6.45) is 2.68. The molecule has 2 rings (SSSR count). The maximum absolute atomic E-state index is 10.5. The molecule has 4 heteroatoms. The first-order chi connectivity index (χ1) is 9.95. The van der Waals surface area contributed by atoms with Gasteiger partial charge in [0.1, 0.15) is 11.5 Å². The number of benzene rings is 2. The van der Waals surface area contributed by atoms with Crippen LogP contribution in [-0.4, -0.2) is 11.1 Å². The van der Waals surface area contributed by atoms with E-state index in [-0.39, 0.29) is 0 Å². The van der Waals surface area contributed by atoms with Crippen molar-refractivity contribution in [2.75, 3.05) is 0 Å². The average molecular weight is 303 g/mol. The minimum absolute atomic E-state index is 0.619. The second-order valence-electron chi connectivity index (χ2n) is 4.70. The lowest BCUT2D eigenvalue weighted by Gasteiger charge is -2.10. The molecular formula is C17H15ClO3. The molecule has 0 bridgehead atoms. The smallest absolute Gasteiger partial charge is 0.328 e. The summed E-state index contributed by atoms with van der Waals surface area (Å²) in [4.78, 5) is 10.5. The molecule has 0 aliphatic heterocycles. The summed E-state index contributed by atoms with van der Waals surface area (Å²) in [5.41, 5.74) is 2.77. The Kier molecular flexibility index (Phi) is 4.66. The van der Waals surface area contributed by atoms with Crippen molar-refractivity contribution in [1.82, 2.24) is 0 Å². The number of carbonyl (C=O) groups is 1. The van der Waals surface area contributed by atoms with E-state index in [1.54, 1.807) is 18.2 Å². The molecule has 0 fully saturated rings. The fourth-order valence-electron chi connectivity index (χ4n) is 1.87. The van der Waals surface area contributed by atoms with Crippen molar-refractivity contribution in [2.24, 2.45) is 0 Å². The van der Waals surface area contributed by atoms with Crippen LogP contribution in [0.4, 0.5) is 0 Å². The number of hydrogen-bond acceptors (Lipinski definition) is 2. The van der Waals surface area contributed by atoms with Crippen molar-refractivity contribution in [1.29, 1.82) is 0 Å². The molecule has 1 N–H and O–H groups in total. The van der Waals surface area contributed by atoms with Crippen LogP contribution in [0.5, 0.6) is 11.5 Å². The monoisotopic (exact) mass is 302 g/mol. The highest BCUT2D eigenvalue weighted by molar-refractivity contribution is 6.30. The van der Waals surface area contributed by atoms with Gasteiger partial charge in [0.2, 0.25) is 0 Å². The summed E-state index contributed by atoms with van der Waals surface area (Å²) in [6, 6.07) is 11.0. The highest BCUT2D eigenvalue weighted by atomic mass is 35.5. The molecule has 21 heavy (non-hydrogen) atoms. The molecular weight excluding hydrogens is 288 g/mol. The van der Waals surface area contributed by atoms with Crippen LogP contribution in [0.15, 0.2) is 42.5 Å². The quantitative estimate of drug-likeness (QED) is 0.821. The molecule has 0 aromatic heterocycles. The van der Waals surface area contributed by atoms with Gasteiger partial charge in [0.25, 0.3) is 0 Å². The molecule has 0 atom stereocenters. The van der Waals surface area contributed by atoms with E-state index in [4.69, 9.17) is 21.4 Å². The van der Waals surface area contributed by atoms with Gasteiger partial charge < -0.3 is 9.84 Å². The Bertz CT molecular complexity index is 705. The van der Waals surface area contributed by atoms with Crippen LogP contribution < -0.4 is 4.74 Å². The first kappa shape index (κ1) is 15.1. The maximum atomic E-state index is 10.5. The summed E-state index contributed by atoms with van der Waals surface area (Å²) in [5, 5.41) is 9.27. The Labute approximate surface area is 128 Å². The molecule has 2 aromatic rings. The van der Waals surface area contributed by atoms with Crippen LogP contribution in [0.1, 0.15) is 16.7 Å². The zero-order valence-corrected chi connectivity index (χ0v) is 12.5. The summed E-state index contributed by atoms with van der Waals surface area (Å²) in [5.74, 6) is 0.422. The van der Waals surface area contributed by atoms with Crippen molar-refractivity contribution in [3.63, 3.8) is 0 Å². The minimum atomic E-state index is -0.968.